The van der Waals surface area contributed by atoms with Crippen LogP contribution in [0.25, 0.3) is 0 Å². The number of hydrogen-bond donors (Lipinski definition) is 2. The predicted octanol–water partition coefficient (Wildman–Crippen LogP) is 3.01. The molecule has 104 valence electrons. The average molecular weight is 291 g/mol. The fourth-order valence-corrected chi connectivity index (χ4v) is 1.74. The van der Waals surface area contributed by atoms with E-state index in [2.05, 4.69) is 20.8 Å². The summed E-state index contributed by atoms with van der Waals surface area (Å²) in [6, 6.07) is 10.7. The zero-order valence-electron chi connectivity index (χ0n) is 11.2. The van der Waals surface area contributed by atoms with E-state index in [1.807, 2.05) is 32.0 Å². The molecule has 0 radical (unpaired) electrons. The van der Waals surface area contributed by atoms with Crippen molar-refractivity contribution >= 4 is 29.0 Å². The highest BCUT2D eigenvalue weighted by Gasteiger charge is 2.09. The third kappa shape index (κ3) is 3.68. The van der Waals surface area contributed by atoms with Crippen molar-refractivity contribution in [3.8, 4) is 0 Å². The third-order valence-corrected chi connectivity index (χ3v) is 2.78. The van der Waals surface area contributed by atoms with Crippen LogP contribution in [0.1, 0.15) is 24.3 Å². The van der Waals surface area contributed by atoms with E-state index < -0.39 is 0 Å². The molecule has 1 aromatic heterocycles. The number of nitrogens with zero attached hydrogens (tertiary/aromatic N) is 2. The molecule has 1 aromatic carbocycles. The van der Waals surface area contributed by atoms with Crippen LogP contribution < -0.4 is 10.6 Å². The summed E-state index contributed by atoms with van der Waals surface area (Å²) in [5.74, 6) is 0.288. The van der Waals surface area contributed by atoms with Crippen molar-refractivity contribution in [2.45, 2.75) is 19.9 Å². The normalized spacial score (nSPS) is 10.4. The first-order chi connectivity index (χ1) is 9.56. The number of carbonyl (C=O) groups excluding carboxylic acids is 1. The summed E-state index contributed by atoms with van der Waals surface area (Å²) in [6.07, 6.45) is 0. The van der Waals surface area contributed by atoms with Crippen molar-refractivity contribution in [3.63, 3.8) is 0 Å². The highest BCUT2D eigenvalue weighted by Crippen LogP contribution is 2.23. The number of hydrogen-bond acceptors (Lipinski definition) is 4. The zero-order chi connectivity index (χ0) is 14.5. The molecule has 0 saturated carbocycles. The second-order valence-corrected chi connectivity index (χ2v) is 4.94. The highest BCUT2D eigenvalue weighted by atomic mass is 35.5. The van der Waals surface area contributed by atoms with Gasteiger partial charge in [-0.3, -0.25) is 4.79 Å². The van der Waals surface area contributed by atoms with E-state index in [-0.39, 0.29) is 17.6 Å². The number of halogens is 1. The van der Waals surface area contributed by atoms with E-state index in [0.717, 1.165) is 5.69 Å². The van der Waals surface area contributed by atoms with Crippen molar-refractivity contribution in [3.05, 3.63) is 47.1 Å². The zero-order valence-corrected chi connectivity index (χ0v) is 12.0. The van der Waals surface area contributed by atoms with Gasteiger partial charge in [0, 0.05) is 6.04 Å². The van der Waals surface area contributed by atoms with Gasteiger partial charge in [0.1, 0.15) is 0 Å². The van der Waals surface area contributed by atoms with Gasteiger partial charge in [-0.1, -0.05) is 23.7 Å². The highest BCUT2D eigenvalue weighted by molar-refractivity contribution is 6.33. The van der Waals surface area contributed by atoms with E-state index in [0.29, 0.717) is 10.8 Å². The van der Waals surface area contributed by atoms with Crippen molar-refractivity contribution < 1.29 is 4.79 Å². The second-order valence-electron chi connectivity index (χ2n) is 4.54. The van der Waals surface area contributed by atoms with Gasteiger partial charge in [-0.15, -0.1) is 10.2 Å². The molecule has 5 nitrogen and oxygen atoms in total. The van der Waals surface area contributed by atoms with Gasteiger partial charge >= 0.3 is 0 Å². The third-order valence-electron chi connectivity index (χ3n) is 2.45. The molecule has 2 N–H and O–H groups in total. The number of aromatic nitrogens is 2. The number of benzene rings is 1. The largest absolute Gasteiger partial charge is 0.348 e. The number of anilines is 2. The Labute approximate surface area is 122 Å². The first kappa shape index (κ1) is 14.3. The van der Waals surface area contributed by atoms with Gasteiger partial charge in [0.05, 0.1) is 10.7 Å². The molecular formula is C14H15ClN4O. The molecule has 0 aliphatic heterocycles. The molecule has 0 bridgehead atoms. The van der Waals surface area contributed by atoms with Crippen LogP contribution in [0.3, 0.4) is 0 Å². The standard InChI is InChI=1S/C14H15ClN4O/c1-9(2)16-14(20)12-7-8-13(19-18-12)17-11-6-4-3-5-10(11)15/h3-9H,1-2H3,(H,16,20)(H,17,19). The number of nitrogens with one attached hydrogen (secondary N) is 2. The monoisotopic (exact) mass is 290 g/mol. The van der Waals surface area contributed by atoms with Crippen LogP contribution >= 0.6 is 11.6 Å². The van der Waals surface area contributed by atoms with Crippen LogP contribution in [-0.4, -0.2) is 22.1 Å². The van der Waals surface area contributed by atoms with Gasteiger partial charge in [0.2, 0.25) is 0 Å². The van der Waals surface area contributed by atoms with Crippen LogP contribution in [-0.2, 0) is 0 Å². The maximum atomic E-state index is 11.7. The van der Waals surface area contributed by atoms with Gasteiger partial charge in [0.15, 0.2) is 11.5 Å². The van der Waals surface area contributed by atoms with Crippen molar-refractivity contribution in [1.82, 2.24) is 15.5 Å². The Morgan fingerprint density at radius 2 is 1.90 bits per heavy atom. The van der Waals surface area contributed by atoms with Crippen LogP contribution in [0, 0.1) is 0 Å². The molecule has 0 aliphatic carbocycles. The molecule has 0 atom stereocenters. The summed E-state index contributed by atoms with van der Waals surface area (Å²) in [6.45, 7) is 3.78. The fraction of sp³-hybridized carbons (Fsp3) is 0.214. The molecule has 6 heteroatoms. The topological polar surface area (TPSA) is 66.9 Å². The number of amides is 1. The summed E-state index contributed by atoms with van der Waals surface area (Å²) in [5.41, 5.74) is 1.02. The van der Waals surface area contributed by atoms with Crippen LogP contribution in [0.15, 0.2) is 36.4 Å². The molecular weight excluding hydrogens is 276 g/mol. The smallest absolute Gasteiger partial charge is 0.271 e. The maximum absolute atomic E-state index is 11.7. The van der Waals surface area contributed by atoms with Crippen molar-refractivity contribution in [2.24, 2.45) is 0 Å². The minimum Gasteiger partial charge on any atom is -0.348 e. The maximum Gasteiger partial charge on any atom is 0.271 e. The van der Waals surface area contributed by atoms with Gasteiger partial charge < -0.3 is 10.6 Å². The van der Waals surface area contributed by atoms with E-state index in [1.54, 1.807) is 18.2 Å². The van der Waals surface area contributed by atoms with Crippen LogP contribution in [0.4, 0.5) is 11.5 Å². The lowest BCUT2D eigenvalue weighted by Gasteiger charge is -2.09. The lowest BCUT2D eigenvalue weighted by Crippen LogP contribution is -2.30. The SMILES string of the molecule is CC(C)NC(=O)c1ccc(Nc2ccccc2Cl)nn1. The Bertz CT molecular complexity index is 598. The molecule has 20 heavy (non-hydrogen) atoms. The van der Waals surface area contributed by atoms with Gasteiger partial charge in [-0.25, -0.2) is 0 Å². The average Bonchev–Trinajstić information content (AvgIpc) is 2.41. The minimum atomic E-state index is -0.239. The molecule has 1 amide bonds. The molecule has 2 rings (SSSR count). The molecule has 0 aliphatic rings. The van der Waals surface area contributed by atoms with E-state index >= 15 is 0 Å². The summed E-state index contributed by atoms with van der Waals surface area (Å²) in [4.78, 5) is 11.7. The number of carbonyl (C=O) groups is 1. The predicted molar refractivity (Wildman–Crippen MR) is 79.4 cm³/mol. The van der Waals surface area contributed by atoms with Gasteiger partial charge in [-0.2, -0.15) is 0 Å². The quantitative estimate of drug-likeness (QED) is 0.908. The Morgan fingerprint density at radius 3 is 2.50 bits per heavy atom. The summed E-state index contributed by atoms with van der Waals surface area (Å²) in [7, 11) is 0. The molecule has 0 saturated heterocycles. The summed E-state index contributed by atoms with van der Waals surface area (Å²) in [5, 5.41) is 14.2. The molecule has 0 unspecified atom stereocenters. The van der Waals surface area contributed by atoms with Crippen LogP contribution in [0.2, 0.25) is 5.02 Å². The molecule has 2 aromatic rings. The Morgan fingerprint density at radius 1 is 1.15 bits per heavy atom. The Kier molecular flexibility index (Phi) is 4.53. The molecule has 1 heterocycles. The molecule has 0 spiro atoms. The lowest BCUT2D eigenvalue weighted by molar-refractivity contribution is 0.0937. The number of para-hydroxylation sites is 1. The lowest BCUT2D eigenvalue weighted by atomic mass is 10.3. The first-order valence-electron chi connectivity index (χ1n) is 6.22. The van der Waals surface area contributed by atoms with Crippen LogP contribution in [0.5, 0.6) is 0 Å². The molecule has 0 fully saturated rings. The Hall–Kier alpha value is -2.14. The van der Waals surface area contributed by atoms with E-state index in [1.165, 1.54) is 0 Å². The van der Waals surface area contributed by atoms with Crippen molar-refractivity contribution in [2.75, 3.05) is 5.32 Å². The Balaban J connectivity index is 2.09. The van der Waals surface area contributed by atoms with E-state index in [9.17, 15) is 4.79 Å². The van der Waals surface area contributed by atoms with Gasteiger partial charge in [0.25, 0.3) is 5.91 Å². The first-order valence-corrected chi connectivity index (χ1v) is 6.60. The fourth-order valence-electron chi connectivity index (χ4n) is 1.56. The summed E-state index contributed by atoms with van der Waals surface area (Å²) < 4.78 is 0. The van der Waals surface area contributed by atoms with E-state index in [4.69, 9.17) is 11.6 Å². The summed E-state index contributed by atoms with van der Waals surface area (Å²) >= 11 is 6.04. The van der Waals surface area contributed by atoms with Crippen molar-refractivity contribution in [1.29, 1.82) is 0 Å². The van der Waals surface area contributed by atoms with Gasteiger partial charge in [-0.05, 0) is 38.1 Å². The number of rotatable bonds is 4. The minimum absolute atomic E-state index is 0.0604. The second kappa shape index (κ2) is 6.34.